The van der Waals surface area contributed by atoms with Gasteiger partial charge in [0.25, 0.3) is 0 Å². The molecule has 0 saturated heterocycles. The number of ketones is 1. The zero-order valence-corrected chi connectivity index (χ0v) is 11.6. The standard InChI is InChI=1S/C14H8BrF3O2/c15-11-3-2-9(6-13(11)18)20-7-14(19)10-5-8(16)1-4-12(10)17/h1-6H,7H2. The number of rotatable bonds is 4. The Kier molecular flexibility index (Phi) is 4.44. The van der Waals surface area contributed by atoms with Crippen LogP contribution in [0.15, 0.2) is 40.9 Å². The van der Waals surface area contributed by atoms with Gasteiger partial charge in [-0.05, 0) is 46.3 Å². The Hall–Kier alpha value is -1.82. The van der Waals surface area contributed by atoms with Crippen LogP contribution in [0.2, 0.25) is 0 Å². The molecule has 0 heterocycles. The Morgan fingerprint density at radius 1 is 1.05 bits per heavy atom. The first-order valence-electron chi connectivity index (χ1n) is 5.53. The summed E-state index contributed by atoms with van der Waals surface area (Å²) in [6, 6.07) is 6.52. The average Bonchev–Trinajstić information content (AvgIpc) is 2.42. The van der Waals surface area contributed by atoms with Crippen LogP contribution >= 0.6 is 15.9 Å². The van der Waals surface area contributed by atoms with E-state index in [4.69, 9.17) is 4.74 Å². The fourth-order valence-corrected chi connectivity index (χ4v) is 1.75. The smallest absolute Gasteiger partial charge is 0.203 e. The van der Waals surface area contributed by atoms with Crippen molar-refractivity contribution in [2.45, 2.75) is 0 Å². The van der Waals surface area contributed by atoms with Gasteiger partial charge in [-0.3, -0.25) is 4.79 Å². The lowest BCUT2D eigenvalue weighted by Gasteiger charge is -2.07. The quantitative estimate of drug-likeness (QED) is 0.779. The molecule has 20 heavy (non-hydrogen) atoms. The minimum Gasteiger partial charge on any atom is -0.485 e. The molecule has 0 N–H and O–H groups in total. The molecule has 0 bridgehead atoms. The predicted octanol–water partition coefficient (Wildman–Crippen LogP) is 4.13. The maximum absolute atomic E-state index is 13.4. The van der Waals surface area contributed by atoms with Gasteiger partial charge in [0, 0.05) is 6.07 Å². The number of benzene rings is 2. The molecule has 0 fully saturated rings. The third-order valence-electron chi connectivity index (χ3n) is 2.49. The molecule has 2 aromatic rings. The van der Waals surface area contributed by atoms with Gasteiger partial charge in [-0.1, -0.05) is 0 Å². The highest BCUT2D eigenvalue weighted by atomic mass is 79.9. The zero-order chi connectivity index (χ0) is 14.7. The van der Waals surface area contributed by atoms with E-state index in [0.717, 1.165) is 24.3 Å². The van der Waals surface area contributed by atoms with Crippen LogP contribution in [-0.2, 0) is 0 Å². The van der Waals surface area contributed by atoms with E-state index in [1.54, 1.807) is 0 Å². The number of ether oxygens (including phenoxy) is 1. The number of Topliss-reactive ketones (excluding diaryl/α,β-unsaturated/α-hetero) is 1. The van der Waals surface area contributed by atoms with Crippen molar-refractivity contribution >= 4 is 21.7 Å². The highest BCUT2D eigenvalue weighted by Crippen LogP contribution is 2.21. The lowest BCUT2D eigenvalue weighted by Crippen LogP contribution is -2.13. The Morgan fingerprint density at radius 2 is 1.80 bits per heavy atom. The molecule has 2 rings (SSSR count). The van der Waals surface area contributed by atoms with E-state index in [1.807, 2.05) is 0 Å². The third-order valence-corrected chi connectivity index (χ3v) is 3.13. The monoisotopic (exact) mass is 344 g/mol. The van der Waals surface area contributed by atoms with Crippen LogP contribution in [0.4, 0.5) is 13.2 Å². The van der Waals surface area contributed by atoms with E-state index < -0.39 is 35.4 Å². The van der Waals surface area contributed by atoms with Gasteiger partial charge in [0.15, 0.2) is 6.61 Å². The summed E-state index contributed by atoms with van der Waals surface area (Å²) in [7, 11) is 0. The van der Waals surface area contributed by atoms with Crippen molar-refractivity contribution in [1.29, 1.82) is 0 Å². The predicted molar refractivity (Wildman–Crippen MR) is 70.3 cm³/mol. The number of hydrogen-bond donors (Lipinski definition) is 0. The van der Waals surface area contributed by atoms with Gasteiger partial charge in [0.2, 0.25) is 5.78 Å². The fraction of sp³-hybridized carbons (Fsp3) is 0.0714. The van der Waals surface area contributed by atoms with E-state index in [-0.39, 0.29) is 10.2 Å². The lowest BCUT2D eigenvalue weighted by molar-refractivity contribution is 0.0916. The Labute approximate surface area is 121 Å². The topological polar surface area (TPSA) is 26.3 Å². The largest absolute Gasteiger partial charge is 0.485 e. The Morgan fingerprint density at radius 3 is 2.50 bits per heavy atom. The molecule has 0 atom stereocenters. The summed E-state index contributed by atoms with van der Waals surface area (Å²) in [4.78, 5) is 11.7. The van der Waals surface area contributed by atoms with E-state index in [9.17, 15) is 18.0 Å². The third kappa shape index (κ3) is 3.39. The number of carbonyl (C=O) groups is 1. The molecule has 0 aromatic heterocycles. The molecule has 0 aliphatic carbocycles. The fourth-order valence-electron chi connectivity index (χ4n) is 1.50. The normalized spacial score (nSPS) is 10.4. The minimum absolute atomic E-state index is 0.121. The van der Waals surface area contributed by atoms with E-state index in [0.29, 0.717) is 0 Å². The molecule has 2 nitrogen and oxygen atoms in total. The van der Waals surface area contributed by atoms with E-state index in [2.05, 4.69) is 15.9 Å². The minimum atomic E-state index is -0.831. The molecule has 2 aromatic carbocycles. The molecule has 0 aliphatic heterocycles. The molecule has 104 valence electrons. The van der Waals surface area contributed by atoms with Crippen LogP contribution < -0.4 is 4.74 Å². The maximum atomic E-state index is 13.4. The van der Waals surface area contributed by atoms with Crippen molar-refractivity contribution in [1.82, 2.24) is 0 Å². The summed E-state index contributed by atoms with van der Waals surface area (Å²) in [6.07, 6.45) is 0. The van der Waals surface area contributed by atoms with Gasteiger partial charge in [0.05, 0.1) is 10.0 Å². The zero-order valence-electron chi connectivity index (χ0n) is 10.00. The molecular weight excluding hydrogens is 337 g/mol. The number of carbonyl (C=O) groups excluding carboxylic acids is 1. The summed E-state index contributed by atoms with van der Waals surface area (Å²) < 4.78 is 44.8. The summed E-state index contributed by atoms with van der Waals surface area (Å²) in [5, 5.41) is 0. The SMILES string of the molecule is O=C(COc1ccc(Br)c(F)c1)c1cc(F)ccc1F. The second kappa shape index (κ2) is 6.09. The molecular formula is C14H8BrF3O2. The first-order valence-corrected chi connectivity index (χ1v) is 6.33. The van der Waals surface area contributed by atoms with Crippen molar-refractivity contribution in [3.63, 3.8) is 0 Å². The van der Waals surface area contributed by atoms with Crippen molar-refractivity contribution in [2.24, 2.45) is 0 Å². The van der Waals surface area contributed by atoms with Crippen LogP contribution in [0.3, 0.4) is 0 Å². The Bertz CT molecular complexity index is 659. The van der Waals surface area contributed by atoms with Gasteiger partial charge in [-0.15, -0.1) is 0 Å². The van der Waals surface area contributed by atoms with Crippen LogP contribution in [0.5, 0.6) is 5.75 Å². The molecule has 0 amide bonds. The van der Waals surface area contributed by atoms with Crippen LogP contribution in [0.25, 0.3) is 0 Å². The lowest BCUT2D eigenvalue weighted by atomic mass is 10.1. The number of halogens is 4. The summed E-state index contributed by atoms with van der Waals surface area (Å²) in [6.45, 7) is -0.512. The van der Waals surface area contributed by atoms with Gasteiger partial charge in [-0.25, -0.2) is 13.2 Å². The first kappa shape index (κ1) is 14.6. The van der Waals surface area contributed by atoms with Gasteiger partial charge >= 0.3 is 0 Å². The summed E-state index contributed by atoms with van der Waals surface area (Å²) in [5.41, 5.74) is -0.400. The van der Waals surface area contributed by atoms with Gasteiger partial charge in [0.1, 0.15) is 23.2 Å². The van der Waals surface area contributed by atoms with E-state index in [1.165, 1.54) is 12.1 Å². The summed E-state index contributed by atoms with van der Waals surface area (Å²) >= 11 is 2.97. The van der Waals surface area contributed by atoms with Crippen molar-refractivity contribution in [3.8, 4) is 5.75 Å². The molecule has 0 unspecified atom stereocenters. The molecule has 0 radical (unpaired) electrons. The molecule has 6 heteroatoms. The van der Waals surface area contributed by atoms with Crippen LogP contribution in [0, 0.1) is 17.5 Å². The summed E-state index contributed by atoms with van der Waals surface area (Å²) in [5.74, 6) is -2.71. The van der Waals surface area contributed by atoms with Crippen LogP contribution in [-0.4, -0.2) is 12.4 Å². The maximum Gasteiger partial charge on any atom is 0.203 e. The molecule has 0 aliphatic rings. The van der Waals surface area contributed by atoms with Crippen molar-refractivity contribution in [2.75, 3.05) is 6.61 Å². The second-order valence-electron chi connectivity index (χ2n) is 3.91. The molecule has 0 saturated carbocycles. The van der Waals surface area contributed by atoms with Gasteiger partial charge < -0.3 is 4.74 Å². The van der Waals surface area contributed by atoms with Crippen LogP contribution in [0.1, 0.15) is 10.4 Å². The first-order chi connectivity index (χ1) is 9.47. The highest BCUT2D eigenvalue weighted by molar-refractivity contribution is 9.10. The second-order valence-corrected chi connectivity index (χ2v) is 4.77. The highest BCUT2D eigenvalue weighted by Gasteiger charge is 2.14. The Balaban J connectivity index is 2.08. The number of hydrogen-bond acceptors (Lipinski definition) is 2. The van der Waals surface area contributed by atoms with Crippen molar-refractivity contribution < 1.29 is 22.7 Å². The van der Waals surface area contributed by atoms with Crippen molar-refractivity contribution in [3.05, 3.63) is 63.9 Å². The van der Waals surface area contributed by atoms with Gasteiger partial charge in [-0.2, -0.15) is 0 Å². The van der Waals surface area contributed by atoms with E-state index >= 15 is 0 Å². The molecule has 0 spiro atoms. The average molecular weight is 345 g/mol.